The second kappa shape index (κ2) is 6.71. The number of furan rings is 1. The van der Waals surface area contributed by atoms with Gasteiger partial charge in [0, 0.05) is 18.5 Å². The van der Waals surface area contributed by atoms with Crippen molar-refractivity contribution in [3.05, 3.63) is 30.0 Å². The van der Waals surface area contributed by atoms with Crippen molar-refractivity contribution in [2.75, 3.05) is 18.5 Å². The lowest BCUT2D eigenvalue weighted by Crippen LogP contribution is -2.39. The van der Waals surface area contributed by atoms with Gasteiger partial charge in [-0.2, -0.15) is 0 Å². The number of carbonyl (C=O) groups excluding carboxylic acids is 3. The summed E-state index contributed by atoms with van der Waals surface area (Å²) in [5.74, 6) is -2.74. The molecule has 1 saturated heterocycles. The summed E-state index contributed by atoms with van der Waals surface area (Å²) in [4.78, 5) is 35.5. The van der Waals surface area contributed by atoms with Crippen LogP contribution in [0.3, 0.4) is 0 Å². The molecule has 1 aliphatic heterocycles. The Hall–Kier alpha value is -2.87. The normalized spacial score (nSPS) is 16.9. The lowest BCUT2D eigenvalue weighted by molar-refractivity contribution is -0.136. The molecule has 4 N–H and O–H groups in total. The number of benzene rings is 1. The van der Waals surface area contributed by atoms with Crippen molar-refractivity contribution in [2.24, 2.45) is 5.73 Å². The molecule has 2 heterocycles. The quantitative estimate of drug-likeness (QED) is 0.714. The van der Waals surface area contributed by atoms with E-state index in [1.165, 1.54) is 0 Å². The van der Waals surface area contributed by atoms with Crippen LogP contribution in [0.4, 0.5) is 5.69 Å². The minimum atomic E-state index is -0.901. The zero-order valence-electron chi connectivity index (χ0n) is 12.8. The number of nitrogens with two attached hydrogens (primary N) is 1. The Bertz CT molecular complexity index is 792. The molecular formula is C16H17N3O5. The molecule has 8 nitrogen and oxygen atoms in total. The van der Waals surface area contributed by atoms with E-state index in [-0.39, 0.29) is 24.1 Å². The molecule has 1 unspecified atom stereocenters. The summed E-state index contributed by atoms with van der Waals surface area (Å²) in [6.07, 6.45) is 1.72. The van der Waals surface area contributed by atoms with Gasteiger partial charge in [0.1, 0.15) is 11.3 Å². The first-order chi connectivity index (χ1) is 11.6. The van der Waals surface area contributed by atoms with Crippen molar-refractivity contribution >= 4 is 34.4 Å². The van der Waals surface area contributed by atoms with E-state index in [4.69, 9.17) is 14.9 Å². The maximum atomic E-state index is 12.1. The number of fused-ring (bicyclic) bond motifs is 1. The van der Waals surface area contributed by atoms with Crippen LogP contribution in [0, 0.1) is 0 Å². The molecule has 1 aromatic heterocycles. The van der Waals surface area contributed by atoms with Crippen LogP contribution >= 0.6 is 0 Å². The molecule has 0 bridgehead atoms. The molecule has 0 aliphatic carbocycles. The minimum absolute atomic E-state index is 0.0716. The van der Waals surface area contributed by atoms with Crippen LogP contribution in [0.5, 0.6) is 0 Å². The molecule has 24 heavy (non-hydrogen) atoms. The number of hydrogen-bond donors (Lipinski definition) is 3. The van der Waals surface area contributed by atoms with Crippen molar-refractivity contribution < 1.29 is 23.5 Å². The molecule has 1 aromatic carbocycles. The number of carbonyl (C=O) groups is 3. The topological polar surface area (TPSA) is 124 Å². The average Bonchev–Trinajstić information content (AvgIpc) is 3.20. The molecule has 2 aromatic rings. The number of primary amides is 1. The minimum Gasteiger partial charge on any atom is -0.449 e. The van der Waals surface area contributed by atoms with Gasteiger partial charge in [0.15, 0.2) is 0 Å². The summed E-state index contributed by atoms with van der Waals surface area (Å²) >= 11 is 0. The van der Waals surface area contributed by atoms with E-state index in [1.54, 1.807) is 24.3 Å². The molecule has 0 radical (unpaired) electrons. The number of ether oxygens (including phenoxy) is 1. The van der Waals surface area contributed by atoms with Crippen molar-refractivity contribution in [1.29, 1.82) is 0 Å². The fraction of sp³-hybridized carbons (Fsp3) is 0.312. The first-order valence-corrected chi connectivity index (χ1v) is 7.58. The average molecular weight is 331 g/mol. The third-order valence-corrected chi connectivity index (χ3v) is 3.78. The number of rotatable bonds is 4. The number of anilines is 1. The van der Waals surface area contributed by atoms with Gasteiger partial charge in [0.25, 0.3) is 5.91 Å². The molecule has 0 spiro atoms. The number of hydrogen-bond acceptors (Lipinski definition) is 5. The van der Waals surface area contributed by atoms with Gasteiger partial charge in [-0.3, -0.25) is 14.4 Å². The molecule has 1 fully saturated rings. The third kappa shape index (κ3) is 3.23. The fourth-order valence-corrected chi connectivity index (χ4v) is 2.61. The van der Waals surface area contributed by atoms with Crippen molar-refractivity contribution in [3.63, 3.8) is 0 Å². The van der Waals surface area contributed by atoms with Gasteiger partial charge >= 0.3 is 11.8 Å². The van der Waals surface area contributed by atoms with Gasteiger partial charge in [-0.1, -0.05) is 12.1 Å². The zero-order valence-corrected chi connectivity index (χ0v) is 12.8. The number of para-hydroxylation sites is 1. The smallest absolute Gasteiger partial charge is 0.313 e. The predicted octanol–water partition coefficient (Wildman–Crippen LogP) is 0.765. The van der Waals surface area contributed by atoms with Crippen molar-refractivity contribution in [1.82, 2.24) is 5.32 Å². The zero-order chi connectivity index (χ0) is 17.1. The molecule has 1 atom stereocenters. The van der Waals surface area contributed by atoms with Crippen LogP contribution in [0.15, 0.2) is 28.7 Å². The van der Waals surface area contributed by atoms with Crippen LogP contribution < -0.4 is 16.4 Å². The largest absolute Gasteiger partial charge is 0.449 e. The Morgan fingerprint density at radius 3 is 2.71 bits per heavy atom. The summed E-state index contributed by atoms with van der Waals surface area (Å²) in [5, 5.41) is 5.41. The van der Waals surface area contributed by atoms with Gasteiger partial charge in [-0.05, 0) is 25.0 Å². The van der Waals surface area contributed by atoms with E-state index in [2.05, 4.69) is 10.6 Å². The fourth-order valence-electron chi connectivity index (χ4n) is 2.61. The Balaban J connectivity index is 1.73. The Labute approximate surface area is 137 Å². The van der Waals surface area contributed by atoms with Gasteiger partial charge < -0.3 is 25.5 Å². The summed E-state index contributed by atoms with van der Waals surface area (Å²) in [5.41, 5.74) is 5.75. The van der Waals surface area contributed by atoms with E-state index in [0.717, 1.165) is 12.8 Å². The SMILES string of the molecule is NC(=O)c1oc2ccccc2c1NC(=O)C(=O)NCC1CCCO1. The second-order valence-corrected chi connectivity index (χ2v) is 5.47. The van der Waals surface area contributed by atoms with Crippen LogP contribution in [0.25, 0.3) is 11.0 Å². The van der Waals surface area contributed by atoms with E-state index in [0.29, 0.717) is 17.6 Å². The van der Waals surface area contributed by atoms with Gasteiger partial charge in [-0.25, -0.2) is 0 Å². The molecule has 126 valence electrons. The van der Waals surface area contributed by atoms with E-state index in [1.807, 2.05) is 0 Å². The molecule has 3 amide bonds. The van der Waals surface area contributed by atoms with E-state index >= 15 is 0 Å². The predicted molar refractivity (Wildman–Crippen MR) is 85.3 cm³/mol. The van der Waals surface area contributed by atoms with Gasteiger partial charge in [-0.15, -0.1) is 0 Å². The maximum absolute atomic E-state index is 12.1. The highest BCUT2D eigenvalue weighted by Crippen LogP contribution is 2.30. The van der Waals surface area contributed by atoms with Gasteiger partial charge in [0.2, 0.25) is 5.76 Å². The Morgan fingerprint density at radius 2 is 2.00 bits per heavy atom. The van der Waals surface area contributed by atoms with Crippen LogP contribution in [0.1, 0.15) is 23.4 Å². The summed E-state index contributed by atoms with van der Waals surface area (Å²) in [7, 11) is 0. The summed E-state index contributed by atoms with van der Waals surface area (Å²) in [6, 6.07) is 6.73. The highest BCUT2D eigenvalue weighted by molar-refractivity contribution is 6.40. The van der Waals surface area contributed by atoms with Crippen LogP contribution in [0.2, 0.25) is 0 Å². The Kier molecular flexibility index (Phi) is 4.48. The van der Waals surface area contributed by atoms with E-state index in [9.17, 15) is 14.4 Å². The molecular weight excluding hydrogens is 314 g/mol. The summed E-state index contributed by atoms with van der Waals surface area (Å²) < 4.78 is 10.7. The summed E-state index contributed by atoms with van der Waals surface area (Å²) in [6.45, 7) is 0.927. The monoisotopic (exact) mass is 331 g/mol. The molecule has 8 heteroatoms. The molecule has 3 rings (SSSR count). The van der Waals surface area contributed by atoms with Crippen molar-refractivity contribution in [2.45, 2.75) is 18.9 Å². The first-order valence-electron chi connectivity index (χ1n) is 7.58. The van der Waals surface area contributed by atoms with Crippen molar-refractivity contribution in [3.8, 4) is 0 Å². The second-order valence-electron chi connectivity index (χ2n) is 5.47. The van der Waals surface area contributed by atoms with Gasteiger partial charge in [0.05, 0.1) is 6.10 Å². The lowest BCUT2D eigenvalue weighted by Gasteiger charge is -2.10. The van der Waals surface area contributed by atoms with Crippen LogP contribution in [-0.2, 0) is 14.3 Å². The number of nitrogens with one attached hydrogen (secondary N) is 2. The van der Waals surface area contributed by atoms with E-state index < -0.39 is 17.7 Å². The van der Waals surface area contributed by atoms with Crippen LogP contribution in [-0.4, -0.2) is 37.0 Å². The molecule has 0 saturated carbocycles. The standard InChI is InChI=1S/C16H17N3O5/c17-14(20)13-12(10-5-1-2-6-11(10)24-13)19-16(22)15(21)18-8-9-4-3-7-23-9/h1-2,5-6,9H,3-4,7-8H2,(H2,17,20)(H,18,21)(H,19,22). The highest BCUT2D eigenvalue weighted by atomic mass is 16.5. The number of amides is 3. The third-order valence-electron chi connectivity index (χ3n) is 3.78. The Morgan fingerprint density at radius 1 is 1.21 bits per heavy atom. The maximum Gasteiger partial charge on any atom is 0.313 e. The highest BCUT2D eigenvalue weighted by Gasteiger charge is 2.24. The lowest BCUT2D eigenvalue weighted by atomic mass is 10.2. The molecule has 1 aliphatic rings. The first kappa shape index (κ1) is 16.0.